The zero-order valence-corrected chi connectivity index (χ0v) is 13.8. The Kier molecular flexibility index (Phi) is 6.43. The third kappa shape index (κ3) is 5.44. The molecule has 1 saturated carbocycles. The van der Waals surface area contributed by atoms with Crippen LogP contribution in [-0.2, 0) is 16.0 Å². The maximum atomic E-state index is 12.1. The van der Waals surface area contributed by atoms with E-state index in [9.17, 15) is 9.59 Å². The van der Waals surface area contributed by atoms with E-state index in [4.69, 9.17) is 5.11 Å². The molecule has 1 aromatic heterocycles. The van der Waals surface area contributed by atoms with E-state index in [-0.39, 0.29) is 12.3 Å². The maximum Gasteiger partial charge on any atom is 0.305 e. The molecule has 2 N–H and O–H groups in total. The predicted molar refractivity (Wildman–Crippen MR) is 88.1 cm³/mol. The number of aryl methyl sites for hydroxylation is 1. The van der Waals surface area contributed by atoms with E-state index in [1.165, 1.54) is 4.88 Å². The number of carbonyl (C=O) groups excluding carboxylic acids is 1. The van der Waals surface area contributed by atoms with Crippen LogP contribution >= 0.6 is 11.3 Å². The number of amides is 1. The summed E-state index contributed by atoms with van der Waals surface area (Å²) in [6.45, 7) is 0. The SMILES string of the molecule is O=C(O)CC1(NC(=O)CCCCCc2cccs2)CCCC1. The molecular weight excluding hydrogens is 298 g/mol. The van der Waals surface area contributed by atoms with Gasteiger partial charge in [0.15, 0.2) is 0 Å². The van der Waals surface area contributed by atoms with Gasteiger partial charge in [-0.2, -0.15) is 0 Å². The average molecular weight is 323 g/mol. The van der Waals surface area contributed by atoms with Gasteiger partial charge >= 0.3 is 5.97 Å². The average Bonchev–Trinajstić information content (AvgIpc) is 3.09. The fourth-order valence-electron chi connectivity index (χ4n) is 3.26. The van der Waals surface area contributed by atoms with Crippen LogP contribution in [0.1, 0.15) is 62.7 Å². The van der Waals surface area contributed by atoms with Gasteiger partial charge in [-0.3, -0.25) is 9.59 Å². The highest BCUT2D eigenvalue weighted by Crippen LogP contribution is 2.32. The van der Waals surface area contributed by atoms with Gasteiger partial charge in [0.1, 0.15) is 0 Å². The zero-order valence-electron chi connectivity index (χ0n) is 13.0. The number of thiophene rings is 1. The van der Waals surface area contributed by atoms with E-state index in [0.29, 0.717) is 6.42 Å². The molecule has 0 unspecified atom stereocenters. The van der Waals surface area contributed by atoms with Gasteiger partial charge in [-0.1, -0.05) is 25.3 Å². The van der Waals surface area contributed by atoms with Crippen molar-refractivity contribution in [1.82, 2.24) is 5.32 Å². The monoisotopic (exact) mass is 323 g/mol. The topological polar surface area (TPSA) is 66.4 Å². The van der Waals surface area contributed by atoms with Crippen molar-refractivity contribution in [2.45, 2.75) is 69.7 Å². The Hall–Kier alpha value is -1.36. The minimum Gasteiger partial charge on any atom is -0.481 e. The molecule has 0 bridgehead atoms. The van der Waals surface area contributed by atoms with E-state index in [2.05, 4.69) is 22.8 Å². The van der Waals surface area contributed by atoms with Crippen LogP contribution < -0.4 is 5.32 Å². The Morgan fingerprint density at radius 3 is 2.64 bits per heavy atom. The Labute approximate surface area is 135 Å². The van der Waals surface area contributed by atoms with Crippen LogP contribution in [0.5, 0.6) is 0 Å². The highest BCUT2D eigenvalue weighted by atomic mass is 32.1. The van der Waals surface area contributed by atoms with Crippen molar-refractivity contribution in [1.29, 1.82) is 0 Å². The number of hydrogen-bond acceptors (Lipinski definition) is 3. The molecule has 0 saturated heterocycles. The summed E-state index contributed by atoms with van der Waals surface area (Å²) in [6.07, 6.45) is 8.27. The molecule has 5 heteroatoms. The van der Waals surface area contributed by atoms with Crippen molar-refractivity contribution < 1.29 is 14.7 Å². The number of carboxylic acid groups (broad SMARTS) is 1. The van der Waals surface area contributed by atoms with Crippen molar-refractivity contribution in [3.05, 3.63) is 22.4 Å². The number of nitrogens with one attached hydrogen (secondary N) is 1. The number of unbranched alkanes of at least 4 members (excludes halogenated alkanes) is 2. The Morgan fingerprint density at radius 1 is 1.23 bits per heavy atom. The first-order chi connectivity index (χ1) is 10.6. The number of aliphatic carboxylic acids is 1. The summed E-state index contributed by atoms with van der Waals surface area (Å²) < 4.78 is 0. The van der Waals surface area contributed by atoms with Crippen molar-refractivity contribution in [3.63, 3.8) is 0 Å². The molecule has 1 amide bonds. The van der Waals surface area contributed by atoms with Crippen molar-refractivity contribution in [2.75, 3.05) is 0 Å². The lowest BCUT2D eigenvalue weighted by Gasteiger charge is -2.28. The van der Waals surface area contributed by atoms with Gasteiger partial charge in [-0.15, -0.1) is 11.3 Å². The van der Waals surface area contributed by atoms with Crippen molar-refractivity contribution >= 4 is 23.2 Å². The molecule has 0 radical (unpaired) electrons. The van der Waals surface area contributed by atoms with Gasteiger partial charge in [0.05, 0.1) is 12.0 Å². The van der Waals surface area contributed by atoms with E-state index in [1.807, 2.05) is 0 Å². The highest BCUT2D eigenvalue weighted by Gasteiger charge is 2.37. The quantitative estimate of drug-likeness (QED) is 0.680. The molecule has 1 fully saturated rings. The molecule has 1 aromatic rings. The van der Waals surface area contributed by atoms with Crippen LogP contribution in [-0.4, -0.2) is 22.5 Å². The largest absolute Gasteiger partial charge is 0.481 e. The third-order valence-electron chi connectivity index (χ3n) is 4.36. The number of carboxylic acids is 1. The molecule has 4 nitrogen and oxygen atoms in total. The summed E-state index contributed by atoms with van der Waals surface area (Å²) in [5, 5.41) is 14.1. The molecule has 0 spiro atoms. The molecule has 1 aliphatic rings. The van der Waals surface area contributed by atoms with Gasteiger partial charge in [-0.25, -0.2) is 0 Å². The molecule has 22 heavy (non-hydrogen) atoms. The lowest BCUT2D eigenvalue weighted by Crippen LogP contribution is -2.47. The second kappa shape index (κ2) is 8.32. The first-order valence-corrected chi connectivity index (χ1v) is 9.03. The van der Waals surface area contributed by atoms with E-state index < -0.39 is 11.5 Å². The van der Waals surface area contributed by atoms with Crippen LogP contribution in [0, 0.1) is 0 Å². The van der Waals surface area contributed by atoms with Crippen LogP contribution in [0.25, 0.3) is 0 Å². The standard InChI is InChI=1S/C17H25NO3S/c19-15(9-3-1-2-7-14-8-6-12-22-14)18-17(13-16(20)21)10-4-5-11-17/h6,8,12H,1-5,7,9-11,13H2,(H,18,19)(H,20,21). The van der Waals surface area contributed by atoms with Crippen LogP contribution in [0.3, 0.4) is 0 Å². The van der Waals surface area contributed by atoms with Crippen LogP contribution in [0.15, 0.2) is 17.5 Å². The van der Waals surface area contributed by atoms with Crippen LogP contribution in [0.4, 0.5) is 0 Å². The lowest BCUT2D eigenvalue weighted by atomic mass is 9.93. The van der Waals surface area contributed by atoms with Gasteiger partial charge in [0.2, 0.25) is 5.91 Å². The van der Waals surface area contributed by atoms with Gasteiger partial charge in [-0.05, 0) is 43.6 Å². The Morgan fingerprint density at radius 2 is 2.00 bits per heavy atom. The first kappa shape index (κ1) is 17.0. The fourth-order valence-corrected chi connectivity index (χ4v) is 4.01. The first-order valence-electron chi connectivity index (χ1n) is 8.15. The smallest absolute Gasteiger partial charge is 0.305 e. The number of carbonyl (C=O) groups is 2. The third-order valence-corrected chi connectivity index (χ3v) is 5.30. The molecule has 0 aromatic carbocycles. The Bertz CT molecular complexity index is 478. The molecule has 0 atom stereocenters. The summed E-state index contributed by atoms with van der Waals surface area (Å²) >= 11 is 1.78. The van der Waals surface area contributed by atoms with Gasteiger partial charge in [0, 0.05) is 11.3 Å². The van der Waals surface area contributed by atoms with Crippen molar-refractivity contribution in [2.24, 2.45) is 0 Å². The zero-order chi connectivity index (χ0) is 15.8. The number of hydrogen-bond donors (Lipinski definition) is 2. The highest BCUT2D eigenvalue weighted by molar-refractivity contribution is 7.09. The fraction of sp³-hybridized carbons (Fsp3) is 0.647. The maximum absolute atomic E-state index is 12.1. The normalized spacial score (nSPS) is 16.5. The molecular formula is C17H25NO3S. The summed E-state index contributed by atoms with van der Waals surface area (Å²) in [5.74, 6) is -0.808. The van der Waals surface area contributed by atoms with E-state index >= 15 is 0 Å². The lowest BCUT2D eigenvalue weighted by molar-refractivity contribution is -0.139. The molecule has 122 valence electrons. The molecule has 2 rings (SSSR count). The molecule has 1 aliphatic carbocycles. The van der Waals surface area contributed by atoms with Gasteiger partial charge < -0.3 is 10.4 Å². The minimum absolute atomic E-state index is 0.0132. The van der Waals surface area contributed by atoms with Crippen LogP contribution in [0.2, 0.25) is 0 Å². The van der Waals surface area contributed by atoms with E-state index in [0.717, 1.165) is 51.4 Å². The Balaban J connectivity index is 1.65. The molecule has 1 heterocycles. The van der Waals surface area contributed by atoms with Gasteiger partial charge in [0.25, 0.3) is 0 Å². The number of rotatable bonds is 9. The molecule has 0 aliphatic heterocycles. The second-order valence-corrected chi connectivity index (χ2v) is 7.28. The summed E-state index contributed by atoms with van der Waals surface area (Å²) in [5.41, 5.74) is -0.486. The summed E-state index contributed by atoms with van der Waals surface area (Å²) in [6, 6.07) is 4.21. The minimum atomic E-state index is -0.821. The van der Waals surface area contributed by atoms with E-state index in [1.54, 1.807) is 11.3 Å². The van der Waals surface area contributed by atoms with Crippen molar-refractivity contribution in [3.8, 4) is 0 Å². The summed E-state index contributed by atoms with van der Waals surface area (Å²) in [4.78, 5) is 24.5. The predicted octanol–water partition coefficient (Wildman–Crippen LogP) is 3.75. The summed E-state index contributed by atoms with van der Waals surface area (Å²) in [7, 11) is 0. The second-order valence-electron chi connectivity index (χ2n) is 6.25.